The Kier molecular flexibility index (Phi) is 5.38. The fourth-order valence-corrected chi connectivity index (χ4v) is 4.19. The van der Waals surface area contributed by atoms with E-state index in [2.05, 4.69) is 10.3 Å². The molecule has 0 saturated carbocycles. The van der Waals surface area contributed by atoms with E-state index >= 15 is 0 Å². The first-order valence-electron chi connectivity index (χ1n) is 8.78. The lowest BCUT2D eigenvalue weighted by atomic mass is 10.1. The molecule has 3 aromatic carbocycles. The predicted octanol–water partition coefficient (Wildman–Crippen LogP) is 5.89. The van der Waals surface area contributed by atoms with Crippen molar-refractivity contribution in [2.75, 3.05) is 19.5 Å². The first kappa shape index (κ1) is 19.2. The van der Waals surface area contributed by atoms with E-state index in [1.807, 2.05) is 30.3 Å². The van der Waals surface area contributed by atoms with Gasteiger partial charge in [0.1, 0.15) is 5.01 Å². The number of benzene rings is 3. The number of rotatable bonds is 5. The molecule has 0 saturated heterocycles. The zero-order valence-electron chi connectivity index (χ0n) is 15.7. The molecule has 5 nitrogen and oxygen atoms in total. The standard InChI is InChI=1S/C22H17ClN2O3S/c1-27-18-10-7-13(11-19(18)28-2)21(26)24-14-8-9-16(23)15(12-14)22-25-17-5-3-4-6-20(17)29-22/h3-12H,1-2H3,(H,24,26). The highest BCUT2D eigenvalue weighted by Crippen LogP contribution is 2.36. The predicted molar refractivity (Wildman–Crippen MR) is 118 cm³/mol. The number of aromatic nitrogens is 1. The number of methoxy groups -OCH3 is 2. The topological polar surface area (TPSA) is 60.5 Å². The minimum absolute atomic E-state index is 0.261. The molecule has 7 heteroatoms. The monoisotopic (exact) mass is 424 g/mol. The van der Waals surface area contributed by atoms with Crippen LogP contribution in [0.1, 0.15) is 10.4 Å². The van der Waals surface area contributed by atoms with Crippen LogP contribution < -0.4 is 14.8 Å². The summed E-state index contributed by atoms with van der Waals surface area (Å²) in [5.74, 6) is 0.795. The second-order valence-electron chi connectivity index (χ2n) is 6.21. The molecule has 1 N–H and O–H groups in total. The van der Waals surface area contributed by atoms with Gasteiger partial charge in [-0.25, -0.2) is 4.98 Å². The summed E-state index contributed by atoms with van der Waals surface area (Å²) in [7, 11) is 3.08. The molecule has 0 spiro atoms. The highest BCUT2D eigenvalue weighted by Gasteiger charge is 2.14. The molecule has 1 aromatic heterocycles. The minimum atomic E-state index is -0.261. The van der Waals surface area contributed by atoms with Gasteiger partial charge in [-0.1, -0.05) is 23.7 Å². The molecule has 1 amide bonds. The highest BCUT2D eigenvalue weighted by molar-refractivity contribution is 7.21. The van der Waals surface area contributed by atoms with Gasteiger partial charge in [0, 0.05) is 16.8 Å². The Morgan fingerprint density at radius 2 is 1.79 bits per heavy atom. The highest BCUT2D eigenvalue weighted by atomic mass is 35.5. The molecular formula is C22H17ClN2O3S. The van der Waals surface area contributed by atoms with E-state index in [1.165, 1.54) is 7.11 Å². The van der Waals surface area contributed by atoms with E-state index in [0.29, 0.717) is 27.8 Å². The van der Waals surface area contributed by atoms with Gasteiger partial charge in [-0.05, 0) is 48.5 Å². The third-order valence-corrected chi connectivity index (χ3v) is 5.79. The van der Waals surface area contributed by atoms with Gasteiger partial charge in [0.05, 0.1) is 29.5 Å². The van der Waals surface area contributed by atoms with E-state index in [-0.39, 0.29) is 5.91 Å². The van der Waals surface area contributed by atoms with Crippen LogP contribution >= 0.6 is 22.9 Å². The molecule has 0 bridgehead atoms. The Balaban J connectivity index is 1.63. The second kappa shape index (κ2) is 8.11. The average Bonchev–Trinajstić information content (AvgIpc) is 3.18. The van der Waals surface area contributed by atoms with Gasteiger partial charge in [-0.2, -0.15) is 0 Å². The Labute approximate surface area is 176 Å². The smallest absolute Gasteiger partial charge is 0.255 e. The molecule has 0 aliphatic heterocycles. The lowest BCUT2D eigenvalue weighted by Crippen LogP contribution is -2.12. The van der Waals surface area contributed by atoms with E-state index in [1.54, 1.807) is 48.8 Å². The SMILES string of the molecule is COc1ccc(C(=O)Nc2ccc(Cl)c(-c3nc4ccccc4s3)c2)cc1OC. The average molecular weight is 425 g/mol. The van der Waals surface area contributed by atoms with Gasteiger partial charge in [0.15, 0.2) is 11.5 Å². The fraction of sp³-hybridized carbons (Fsp3) is 0.0909. The molecular weight excluding hydrogens is 408 g/mol. The quantitative estimate of drug-likeness (QED) is 0.434. The Morgan fingerprint density at radius 3 is 2.55 bits per heavy atom. The zero-order chi connectivity index (χ0) is 20.4. The molecule has 146 valence electrons. The molecule has 29 heavy (non-hydrogen) atoms. The van der Waals surface area contributed by atoms with Gasteiger partial charge in [0.2, 0.25) is 0 Å². The molecule has 0 radical (unpaired) electrons. The zero-order valence-corrected chi connectivity index (χ0v) is 17.3. The summed E-state index contributed by atoms with van der Waals surface area (Å²) in [6.45, 7) is 0. The molecule has 4 rings (SSSR count). The maximum absolute atomic E-state index is 12.7. The first-order chi connectivity index (χ1) is 14.1. The Morgan fingerprint density at radius 1 is 1.00 bits per heavy atom. The van der Waals surface area contributed by atoms with E-state index in [4.69, 9.17) is 21.1 Å². The van der Waals surface area contributed by atoms with Crippen molar-refractivity contribution in [2.45, 2.75) is 0 Å². The lowest BCUT2D eigenvalue weighted by molar-refractivity contribution is 0.102. The van der Waals surface area contributed by atoms with Crippen molar-refractivity contribution in [2.24, 2.45) is 0 Å². The summed E-state index contributed by atoms with van der Waals surface area (Å²) >= 11 is 7.97. The number of hydrogen-bond acceptors (Lipinski definition) is 5. The number of nitrogens with one attached hydrogen (secondary N) is 1. The van der Waals surface area contributed by atoms with Crippen molar-refractivity contribution in [1.29, 1.82) is 0 Å². The van der Waals surface area contributed by atoms with Crippen LogP contribution in [0.2, 0.25) is 5.02 Å². The Bertz CT molecular complexity index is 1170. The number of carbonyl (C=O) groups is 1. The normalized spacial score (nSPS) is 10.7. The molecule has 1 heterocycles. The fourth-order valence-electron chi connectivity index (χ4n) is 2.94. The van der Waals surface area contributed by atoms with Crippen LogP contribution in [0.5, 0.6) is 11.5 Å². The van der Waals surface area contributed by atoms with Crippen LogP contribution in [0.4, 0.5) is 5.69 Å². The molecule has 4 aromatic rings. The summed E-state index contributed by atoms with van der Waals surface area (Å²) in [5.41, 5.74) is 2.78. The second-order valence-corrected chi connectivity index (χ2v) is 7.64. The van der Waals surface area contributed by atoms with Crippen molar-refractivity contribution in [3.63, 3.8) is 0 Å². The van der Waals surface area contributed by atoms with Crippen molar-refractivity contribution >= 4 is 44.7 Å². The first-order valence-corrected chi connectivity index (χ1v) is 9.97. The lowest BCUT2D eigenvalue weighted by Gasteiger charge is -2.11. The van der Waals surface area contributed by atoms with Crippen LogP contribution in [0.15, 0.2) is 60.7 Å². The van der Waals surface area contributed by atoms with Crippen molar-refractivity contribution in [3.05, 3.63) is 71.2 Å². The van der Waals surface area contributed by atoms with E-state index in [0.717, 1.165) is 20.8 Å². The number of para-hydroxylation sites is 1. The van der Waals surface area contributed by atoms with E-state index in [9.17, 15) is 4.79 Å². The number of thiazole rings is 1. The number of ether oxygens (including phenoxy) is 2. The molecule has 0 fully saturated rings. The van der Waals surface area contributed by atoms with E-state index < -0.39 is 0 Å². The van der Waals surface area contributed by atoms with Crippen molar-refractivity contribution in [3.8, 4) is 22.1 Å². The third kappa shape index (κ3) is 3.90. The van der Waals surface area contributed by atoms with Crippen molar-refractivity contribution < 1.29 is 14.3 Å². The molecule has 0 unspecified atom stereocenters. The number of halogens is 1. The van der Waals surface area contributed by atoms with Crippen LogP contribution in [0.3, 0.4) is 0 Å². The number of fused-ring (bicyclic) bond motifs is 1. The van der Waals surface area contributed by atoms with Gasteiger partial charge >= 0.3 is 0 Å². The van der Waals surface area contributed by atoms with Gasteiger partial charge in [-0.3, -0.25) is 4.79 Å². The summed E-state index contributed by atoms with van der Waals surface area (Å²) in [5, 5.41) is 4.28. The third-order valence-electron chi connectivity index (χ3n) is 4.39. The maximum atomic E-state index is 12.7. The maximum Gasteiger partial charge on any atom is 0.255 e. The summed E-state index contributed by atoms with van der Waals surface area (Å²) in [4.78, 5) is 17.4. The number of amides is 1. The molecule has 0 aliphatic rings. The number of carbonyl (C=O) groups excluding carboxylic acids is 1. The van der Waals surface area contributed by atoms with Gasteiger partial charge in [0.25, 0.3) is 5.91 Å². The van der Waals surface area contributed by atoms with Crippen LogP contribution in [0, 0.1) is 0 Å². The van der Waals surface area contributed by atoms with Crippen molar-refractivity contribution in [1.82, 2.24) is 4.98 Å². The van der Waals surface area contributed by atoms with Crippen LogP contribution in [-0.2, 0) is 0 Å². The minimum Gasteiger partial charge on any atom is -0.493 e. The summed E-state index contributed by atoms with van der Waals surface area (Å²) < 4.78 is 11.6. The number of hydrogen-bond donors (Lipinski definition) is 1. The van der Waals surface area contributed by atoms with Crippen LogP contribution in [-0.4, -0.2) is 25.1 Å². The Hall–Kier alpha value is -3.09. The largest absolute Gasteiger partial charge is 0.493 e. The number of nitrogens with zero attached hydrogens (tertiary/aromatic N) is 1. The van der Waals surface area contributed by atoms with Crippen LogP contribution in [0.25, 0.3) is 20.8 Å². The summed E-state index contributed by atoms with van der Waals surface area (Å²) in [6, 6.07) is 18.3. The number of anilines is 1. The summed E-state index contributed by atoms with van der Waals surface area (Å²) in [6.07, 6.45) is 0. The van der Waals surface area contributed by atoms with Gasteiger partial charge in [-0.15, -0.1) is 11.3 Å². The molecule has 0 atom stereocenters. The molecule has 0 aliphatic carbocycles. The van der Waals surface area contributed by atoms with Gasteiger partial charge < -0.3 is 14.8 Å².